The van der Waals surface area contributed by atoms with Crippen LogP contribution >= 0.6 is 0 Å². The SMILES string of the molecule is CCCCCCCCc1cnc(-c2ccc(-c3cc(OCC(C)CC)ccc3COCc3ccc(OCC(C)CC)cc3-c3ccc(-c4ncc(CCCCCCCC)cn4)cc3)cc2)nc1. The number of aryl methyl sites for hydroxylation is 2. The molecule has 4 aromatic carbocycles. The molecule has 6 rings (SSSR count). The summed E-state index contributed by atoms with van der Waals surface area (Å²) in [7, 11) is 0. The summed E-state index contributed by atoms with van der Waals surface area (Å²) in [4.78, 5) is 19.0. The Hall–Kier alpha value is -5.40. The Morgan fingerprint density at radius 2 is 0.776 bits per heavy atom. The molecule has 356 valence electrons. The molecule has 0 N–H and O–H groups in total. The highest BCUT2D eigenvalue weighted by atomic mass is 16.5. The summed E-state index contributed by atoms with van der Waals surface area (Å²) in [6, 6.07) is 29.9. The lowest BCUT2D eigenvalue weighted by atomic mass is 9.97. The van der Waals surface area contributed by atoms with Crippen molar-refractivity contribution >= 4 is 0 Å². The zero-order valence-electron chi connectivity index (χ0n) is 41.7. The molecule has 67 heavy (non-hydrogen) atoms. The maximum atomic E-state index is 6.63. The minimum atomic E-state index is 0.433. The second-order valence-electron chi connectivity index (χ2n) is 18.8. The maximum Gasteiger partial charge on any atom is 0.159 e. The van der Waals surface area contributed by atoms with Crippen LogP contribution in [0.15, 0.2) is 110 Å². The predicted octanol–water partition coefficient (Wildman–Crippen LogP) is 16.3. The summed E-state index contributed by atoms with van der Waals surface area (Å²) in [6.45, 7) is 15.6. The highest BCUT2D eigenvalue weighted by molar-refractivity contribution is 5.73. The number of unbranched alkanes of at least 4 members (excludes halogenated alkanes) is 10. The van der Waals surface area contributed by atoms with Crippen molar-refractivity contribution in [2.24, 2.45) is 11.8 Å². The first kappa shape index (κ1) is 51.0. The Morgan fingerprint density at radius 1 is 0.418 bits per heavy atom. The number of hydrogen-bond acceptors (Lipinski definition) is 7. The average molecular weight is 903 g/mol. The molecule has 0 amide bonds. The summed E-state index contributed by atoms with van der Waals surface area (Å²) in [6.07, 6.45) is 27.6. The van der Waals surface area contributed by atoms with Gasteiger partial charge in [-0.05, 0) is 106 Å². The van der Waals surface area contributed by atoms with Crippen molar-refractivity contribution in [2.45, 2.75) is 157 Å². The minimum absolute atomic E-state index is 0.433. The van der Waals surface area contributed by atoms with Crippen molar-refractivity contribution in [3.63, 3.8) is 0 Å². The Kier molecular flexibility index (Phi) is 21.4. The van der Waals surface area contributed by atoms with Crippen LogP contribution in [0, 0.1) is 11.8 Å². The van der Waals surface area contributed by atoms with Gasteiger partial charge in [-0.15, -0.1) is 0 Å². The van der Waals surface area contributed by atoms with E-state index < -0.39 is 0 Å². The lowest BCUT2D eigenvalue weighted by Crippen LogP contribution is -2.08. The van der Waals surface area contributed by atoms with Crippen LogP contribution in [0.3, 0.4) is 0 Å². The van der Waals surface area contributed by atoms with Gasteiger partial charge in [-0.1, -0.05) is 179 Å². The van der Waals surface area contributed by atoms with Crippen LogP contribution in [-0.4, -0.2) is 33.1 Å². The van der Waals surface area contributed by atoms with Gasteiger partial charge in [-0.2, -0.15) is 0 Å². The summed E-state index contributed by atoms with van der Waals surface area (Å²) in [5.74, 6) is 4.16. The van der Waals surface area contributed by atoms with E-state index in [1.54, 1.807) is 0 Å². The third kappa shape index (κ3) is 16.4. The first-order valence-electron chi connectivity index (χ1n) is 25.8. The molecular weight excluding hydrogens is 825 g/mol. The summed E-state index contributed by atoms with van der Waals surface area (Å²) < 4.78 is 19.3. The second kappa shape index (κ2) is 28.1. The normalized spacial score (nSPS) is 12.3. The van der Waals surface area contributed by atoms with Crippen LogP contribution in [0.4, 0.5) is 0 Å². The van der Waals surface area contributed by atoms with Crippen molar-refractivity contribution in [1.29, 1.82) is 0 Å². The van der Waals surface area contributed by atoms with Crippen molar-refractivity contribution in [3.05, 3.63) is 132 Å². The molecule has 2 atom stereocenters. The molecule has 0 fully saturated rings. The fourth-order valence-corrected chi connectivity index (χ4v) is 8.15. The fourth-order valence-electron chi connectivity index (χ4n) is 8.15. The highest BCUT2D eigenvalue weighted by Gasteiger charge is 2.14. The van der Waals surface area contributed by atoms with Crippen molar-refractivity contribution in [2.75, 3.05) is 13.2 Å². The smallest absolute Gasteiger partial charge is 0.159 e. The molecule has 2 unspecified atom stereocenters. The molecule has 2 heterocycles. The number of rotatable bonds is 30. The average Bonchev–Trinajstić information content (AvgIpc) is 3.38. The van der Waals surface area contributed by atoms with Gasteiger partial charge in [0.25, 0.3) is 0 Å². The van der Waals surface area contributed by atoms with Crippen molar-refractivity contribution < 1.29 is 14.2 Å². The zero-order valence-corrected chi connectivity index (χ0v) is 41.7. The van der Waals surface area contributed by atoms with Gasteiger partial charge in [0.2, 0.25) is 0 Å². The summed E-state index contributed by atoms with van der Waals surface area (Å²) in [5, 5.41) is 0. The molecule has 0 aliphatic rings. The quantitative estimate of drug-likeness (QED) is 0.0417. The molecule has 0 saturated carbocycles. The lowest BCUT2D eigenvalue weighted by Gasteiger charge is -2.17. The van der Waals surface area contributed by atoms with Crippen LogP contribution < -0.4 is 9.47 Å². The number of ether oxygens (including phenoxy) is 3. The third-order valence-electron chi connectivity index (χ3n) is 13.1. The molecule has 0 bridgehead atoms. The Balaban J connectivity index is 1.16. The molecule has 7 heteroatoms. The van der Waals surface area contributed by atoms with E-state index in [0.717, 1.165) is 93.3 Å². The largest absolute Gasteiger partial charge is 0.493 e. The van der Waals surface area contributed by atoms with Gasteiger partial charge in [-0.25, -0.2) is 19.9 Å². The van der Waals surface area contributed by atoms with E-state index in [0.29, 0.717) is 38.3 Å². The molecule has 0 aliphatic carbocycles. The third-order valence-corrected chi connectivity index (χ3v) is 13.1. The van der Waals surface area contributed by atoms with E-state index in [-0.39, 0.29) is 0 Å². The molecule has 0 saturated heterocycles. The van der Waals surface area contributed by atoms with Crippen LogP contribution in [-0.2, 0) is 30.8 Å². The number of aromatic nitrogens is 4. The highest BCUT2D eigenvalue weighted by Crippen LogP contribution is 2.34. The van der Waals surface area contributed by atoms with Crippen LogP contribution in [0.5, 0.6) is 11.5 Å². The van der Waals surface area contributed by atoms with Crippen LogP contribution in [0.25, 0.3) is 45.0 Å². The second-order valence-corrected chi connectivity index (χ2v) is 18.8. The van der Waals surface area contributed by atoms with Gasteiger partial charge < -0.3 is 14.2 Å². The molecule has 2 aromatic heterocycles. The van der Waals surface area contributed by atoms with E-state index >= 15 is 0 Å². The van der Waals surface area contributed by atoms with Gasteiger partial charge in [0.1, 0.15) is 11.5 Å². The molecule has 0 spiro atoms. The number of hydrogen-bond donors (Lipinski definition) is 0. The van der Waals surface area contributed by atoms with E-state index in [2.05, 4.69) is 126 Å². The van der Waals surface area contributed by atoms with Gasteiger partial charge in [0, 0.05) is 35.9 Å². The Bertz CT molecular complexity index is 2150. The van der Waals surface area contributed by atoms with Gasteiger partial charge in [0.05, 0.1) is 26.4 Å². The number of nitrogens with zero attached hydrogens (tertiary/aromatic N) is 4. The van der Waals surface area contributed by atoms with E-state index in [1.807, 2.05) is 24.8 Å². The first-order valence-corrected chi connectivity index (χ1v) is 25.8. The van der Waals surface area contributed by atoms with Crippen molar-refractivity contribution in [3.8, 4) is 56.5 Å². The maximum absolute atomic E-state index is 6.63. The molecular formula is C60H78N4O3. The summed E-state index contributed by atoms with van der Waals surface area (Å²) in [5.41, 5.74) is 11.0. The predicted molar refractivity (Wildman–Crippen MR) is 278 cm³/mol. The summed E-state index contributed by atoms with van der Waals surface area (Å²) >= 11 is 0. The number of benzene rings is 4. The zero-order chi connectivity index (χ0) is 47.1. The minimum Gasteiger partial charge on any atom is -0.493 e. The van der Waals surface area contributed by atoms with Gasteiger partial charge >= 0.3 is 0 Å². The first-order chi connectivity index (χ1) is 32.9. The molecule has 7 nitrogen and oxygen atoms in total. The Morgan fingerprint density at radius 3 is 1.15 bits per heavy atom. The lowest BCUT2D eigenvalue weighted by molar-refractivity contribution is 0.107. The van der Waals surface area contributed by atoms with E-state index in [9.17, 15) is 0 Å². The monoisotopic (exact) mass is 903 g/mol. The van der Waals surface area contributed by atoms with Gasteiger partial charge in [-0.3, -0.25) is 0 Å². The molecule has 6 aromatic rings. The van der Waals surface area contributed by atoms with Crippen molar-refractivity contribution in [1.82, 2.24) is 19.9 Å². The molecule has 0 aliphatic heterocycles. The Labute approximate surface area is 403 Å². The topological polar surface area (TPSA) is 79.2 Å². The van der Waals surface area contributed by atoms with Gasteiger partial charge in [0.15, 0.2) is 11.6 Å². The van der Waals surface area contributed by atoms with E-state index in [4.69, 9.17) is 34.1 Å². The van der Waals surface area contributed by atoms with Crippen LogP contribution in [0.2, 0.25) is 0 Å². The van der Waals surface area contributed by atoms with E-state index in [1.165, 1.54) is 88.2 Å². The van der Waals surface area contributed by atoms with Crippen LogP contribution in [0.1, 0.15) is 154 Å². The molecule has 0 radical (unpaired) electrons. The standard InChI is InChI=1S/C60H78N4O3/c1-7-11-13-15-17-19-21-47-37-61-59(62-38-47)51-27-23-49(24-28-51)57-35-55(66-41-45(5)9-3)33-31-53(57)43-65-44-54-32-34-56(67-42-46(6)10-4)36-58(54)50-25-29-52(30-26-50)60-63-39-48(40-64-60)22-20-18-16-14-12-8-2/h23-40,45-46H,7-22,41-44H2,1-6H3. The fraction of sp³-hybridized carbons (Fsp3) is 0.467.